The van der Waals surface area contributed by atoms with Gasteiger partial charge in [0.1, 0.15) is 27.9 Å². The van der Waals surface area contributed by atoms with Gasteiger partial charge in [-0.2, -0.15) is 0 Å². The van der Waals surface area contributed by atoms with Crippen molar-refractivity contribution in [3.63, 3.8) is 0 Å². The minimum Gasteiger partial charge on any atom is -0.497 e. The number of ether oxygens (including phenoxy) is 1. The monoisotopic (exact) mass is 464 g/mol. The fraction of sp³-hybridized carbons (Fsp3) is 0.368. The number of aromatic nitrogens is 2. The maximum atomic E-state index is 12.3. The number of fused-ring (bicyclic) bond motifs is 1. The van der Waals surface area contributed by atoms with Crippen molar-refractivity contribution in [2.45, 2.75) is 34.3 Å². The number of amides is 1. The van der Waals surface area contributed by atoms with Gasteiger partial charge in [-0.25, -0.2) is 4.79 Å². The van der Waals surface area contributed by atoms with Crippen LogP contribution in [-0.4, -0.2) is 61.6 Å². The van der Waals surface area contributed by atoms with Crippen LogP contribution in [0.2, 0.25) is 0 Å². The predicted octanol–water partition coefficient (Wildman–Crippen LogP) is 2.14. The lowest BCUT2D eigenvalue weighted by atomic mass is 9.98. The molecule has 2 aliphatic rings. The largest absolute Gasteiger partial charge is 0.497 e. The number of aliphatic carboxylic acids is 1. The van der Waals surface area contributed by atoms with Crippen molar-refractivity contribution in [2.24, 2.45) is 5.73 Å². The number of carbonyl (C=O) groups excluding carboxylic acids is 1. The Balaban J connectivity index is 1.66. The second-order valence-corrected chi connectivity index (χ2v) is 10.6. The maximum absolute atomic E-state index is 12.3. The number of methoxy groups -OCH3 is 1. The van der Waals surface area contributed by atoms with Crippen LogP contribution in [0.1, 0.15) is 10.6 Å². The molecule has 1 aromatic carbocycles. The quantitative estimate of drug-likeness (QED) is 0.469. The van der Waals surface area contributed by atoms with E-state index in [1.54, 1.807) is 18.9 Å². The summed E-state index contributed by atoms with van der Waals surface area (Å²) in [4.78, 5) is 25.8. The molecule has 1 aromatic heterocycles. The number of benzene rings is 1. The van der Waals surface area contributed by atoms with E-state index >= 15 is 0 Å². The molecule has 1 amide bonds. The van der Waals surface area contributed by atoms with Gasteiger partial charge < -0.3 is 15.6 Å². The van der Waals surface area contributed by atoms with E-state index in [4.69, 9.17) is 10.5 Å². The Bertz CT molecular complexity index is 1010. The zero-order valence-corrected chi connectivity index (χ0v) is 18.7. The highest BCUT2D eigenvalue weighted by Crippen LogP contribution is 2.46. The van der Waals surface area contributed by atoms with Crippen LogP contribution in [0.5, 0.6) is 5.75 Å². The summed E-state index contributed by atoms with van der Waals surface area (Å²) < 4.78 is 5.99. The van der Waals surface area contributed by atoms with Crippen molar-refractivity contribution in [2.75, 3.05) is 12.9 Å². The lowest BCUT2D eigenvalue weighted by Crippen LogP contribution is -2.69. The van der Waals surface area contributed by atoms with Gasteiger partial charge in [-0.1, -0.05) is 35.2 Å². The highest BCUT2D eigenvalue weighted by molar-refractivity contribution is 8.02. The number of carboxylic acid groups (broad SMARTS) is 1. The maximum Gasteiger partial charge on any atom is 0.352 e. The second kappa shape index (κ2) is 8.58. The normalized spacial score (nSPS) is 23.2. The van der Waals surface area contributed by atoms with Crippen LogP contribution in [0.25, 0.3) is 0 Å². The molecule has 0 spiro atoms. The molecular formula is C19H20N4O4S3. The second-order valence-electron chi connectivity index (χ2n) is 6.86. The lowest BCUT2D eigenvalue weighted by molar-refractivity contribution is -0.148. The molecule has 8 nitrogen and oxygen atoms in total. The van der Waals surface area contributed by atoms with Crippen LogP contribution in [0.4, 0.5) is 0 Å². The number of aryl methyl sites for hydroxylation is 1. The van der Waals surface area contributed by atoms with Crippen LogP contribution < -0.4 is 10.5 Å². The van der Waals surface area contributed by atoms with Gasteiger partial charge in [-0.15, -0.1) is 22.0 Å². The van der Waals surface area contributed by atoms with E-state index in [-0.39, 0.29) is 22.2 Å². The molecule has 2 aromatic rings. The average Bonchev–Trinajstić information content (AvgIpc) is 3.16. The zero-order valence-electron chi connectivity index (χ0n) is 16.3. The summed E-state index contributed by atoms with van der Waals surface area (Å²) in [7, 11) is 1.61. The third-order valence-electron chi connectivity index (χ3n) is 4.96. The summed E-state index contributed by atoms with van der Waals surface area (Å²) >= 11 is 4.45. The molecule has 158 valence electrons. The number of hydrogen-bond donors (Lipinski definition) is 2. The number of hydrogen-bond acceptors (Lipinski definition) is 9. The van der Waals surface area contributed by atoms with Crippen LogP contribution in [0.3, 0.4) is 0 Å². The molecule has 2 unspecified atom stereocenters. The molecule has 0 saturated carbocycles. The van der Waals surface area contributed by atoms with Crippen molar-refractivity contribution in [3.8, 4) is 5.75 Å². The van der Waals surface area contributed by atoms with E-state index in [0.717, 1.165) is 20.7 Å². The van der Waals surface area contributed by atoms with E-state index in [2.05, 4.69) is 10.2 Å². The number of carbonyl (C=O) groups is 2. The summed E-state index contributed by atoms with van der Waals surface area (Å²) in [5, 5.41) is 18.4. The summed E-state index contributed by atoms with van der Waals surface area (Å²) in [6.45, 7) is 1.87. The van der Waals surface area contributed by atoms with Crippen molar-refractivity contribution in [1.29, 1.82) is 0 Å². The fourth-order valence-corrected chi connectivity index (χ4v) is 7.06. The van der Waals surface area contributed by atoms with Crippen molar-refractivity contribution >= 4 is 46.7 Å². The van der Waals surface area contributed by atoms with Gasteiger partial charge in [0.2, 0.25) is 5.91 Å². The van der Waals surface area contributed by atoms with Crippen molar-refractivity contribution in [1.82, 2.24) is 15.1 Å². The molecule has 3 atom stereocenters. The van der Waals surface area contributed by atoms with Crippen LogP contribution in [0, 0.1) is 6.92 Å². The molecule has 1 saturated heterocycles. The van der Waals surface area contributed by atoms with E-state index in [1.165, 1.54) is 28.0 Å². The standard InChI is InChI=1S/C19H20N4O4S3/c1-9-21-22-19(29-9)28-8-12-13(7-10-3-5-11(27-2)6-4-10)30-17-14(20)16(24)23(17)15(12)18(25)26/h3-6,13-14,17H,7-8,20H2,1-2H3,(H,25,26)/t13?,14?,17-/m1/s1. The molecular weight excluding hydrogens is 444 g/mol. The van der Waals surface area contributed by atoms with Crippen molar-refractivity contribution in [3.05, 3.63) is 46.1 Å². The lowest BCUT2D eigenvalue weighted by Gasteiger charge is -2.50. The minimum absolute atomic E-state index is 0.0534. The molecule has 11 heteroatoms. The average molecular weight is 465 g/mol. The number of thioether (sulfide) groups is 2. The molecule has 2 aliphatic heterocycles. The predicted molar refractivity (Wildman–Crippen MR) is 117 cm³/mol. The Hall–Kier alpha value is -2.08. The minimum atomic E-state index is -1.11. The molecule has 4 rings (SSSR count). The van der Waals surface area contributed by atoms with Crippen LogP contribution in [-0.2, 0) is 16.0 Å². The van der Waals surface area contributed by atoms with Gasteiger partial charge in [0.15, 0.2) is 4.34 Å². The highest BCUT2D eigenvalue weighted by Gasteiger charge is 2.53. The Morgan fingerprint density at radius 1 is 1.33 bits per heavy atom. The van der Waals surface area contributed by atoms with Gasteiger partial charge >= 0.3 is 5.97 Å². The first-order valence-corrected chi connectivity index (χ1v) is 11.9. The first-order chi connectivity index (χ1) is 14.4. The summed E-state index contributed by atoms with van der Waals surface area (Å²) in [5.41, 5.74) is 7.79. The van der Waals surface area contributed by atoms with Crippen molar-refractivity contribution < 1.29 is 19.4 Å². The molecule has 3 N–H and O–H groups in total. The Labute approximate surface area is 185 Å². The summed E-state index contributed by atoms with van der Waals surface area (Å²) in [6.07, 6.45) is 0.627. The third-order valence-corrected chi connectivity index (χ3v) is 8.55. The number of rotatable bonds is 7. The Morgan fingerprint density at radius 3 is 2.67 bits per heavy atom. The number of carboxylic acids is 1. The van der Waals surface area contributed by atoms with Gasteiger partial charge in [0.05, 0.1) is 7.11 Å². The topological polar surface area (TPSA) is 119 Å². The number of β-lactam (4-membered cyclic amide) rings is 1. The van der Waals surface area contributed by atoms with Gasteiger partial charge in [0, 0.05) is 11.0 Å². The molecule has 1 fully saturated rings. The SMILES string of the molecule is COc1ccc(CC2S[C@@H]3C(N)C(=O)N3C(C(=O)O)=C2CSc2nnc(C)s2)cc1. The van der Waals surface area contributed by atoms with E-state index < -0.39 is 12.0 Å². The van der Waals surface area contributed by atoms with Crippen LogP contribution >= 0.6 is 34.9 Å². The highest BCUT2D eigenvalue weighted by atomic mass is 32.2. The number of nitrogens with zero attached hydrogens (tertiary/aromatic N) is 3. The zero-order chi connectivity index (χ0) is 21.4. The number of nitrogens with two attached hydrogens (primary N) is 1. The molecule has 0 bridgehead atoms. The molecule has 30 heavy (non-hydrogen) atoms. The van der Waals surface area contributed by atoms with Gasteiger partial charge in [0.25, 0.3) is 0 Å². The third kappa shape index (κ3) is 3.94. The fourth-order valence-electron chi connectivity index (χ4n) is 3.45. The van der Waals surface area contributed by atoms with E-state index in [9.17, 15) is 14.7 Å². The molecule has 3 heterocycles. The first-order valence-electron chi connectivity index (χ1n) is 9.15. The van der Waals surface area contributed by atoms with E-state index in [1.807, 2.05) is 31.2 Å². The smallest absolute Gasteiger partial charge is 0.352 e. The van der Waals surface area contributed by atoms with Gasteiger partial charge in [-0.05, 0) is 36.6 Å². The summed E-state index contributed by atoms with van der Waals surface area (Å²) in [6, 6.07) is 7.03. The molecule has 0 radical (unpaired) electrons. The Kier molecular flexibility index (Phi) is 6.05. The van der Waals surface area contributed by atoms with Crippen LogP contribution in [0.15, 0.2) is 39.9 Å². The van der Waals surface area contributed by atoms with E-state index in [0.29, 0.717) is 17.7 Å². The summed E-state index contributed by atoms with van der Waals surface area (Å²) in [5.74, 6) is -0.279. The molecule has 0 aliphatic carbocycles. The van der Waals surface area contributed by atoms with Gasteiger partial charge in [-0.3, -0.25) is 9.69 Å². The Morgan fingerprint density at radius 2 is 2.07 bits per heavy atom. The first kappa shape index (κ1) is 21.2.